The Hall–Kier alpha value is -0.620. The van der Waals surface area contributed by atoms with Crippen molar-refractivity contribution in [2.75, 3.05) is 25.9 Å². The van der Waals surface area contributed by atoms with Crippen LogP contribution in [0.15, 0.2) is 0 Å². The van der Waals surface area contributed by atoms with Gasteiger partial charge in [0.15, 0.2) is 0 Å². The molecule has 1 aliphatic carbocycles. The summed E-state index contributed by atoms with van der Waals surface area (Å²) in [6.45, 7) is 2.01. The van der Waals surface area contributed by atoms with Gasteiger partial charge in [-0.25, -0.2) is 8.42 Å². The normalized spacial score (nSPS) is 21.9. The van der Waals surface area contributed by atoms with Crippen LogP contribution in [0.2, 0.25) is 0 Å². The molecule has 1 heterocycles. The second-order valence-corrected chi connectivity index (χ2v) is 9.00. The number of carbonyl (C=O) groups excluding carboxylic acids is 1. The lowest BCUT2D eigenvalue weighted by Crippen LogP contribution is -2.42. The lowest BCUT2D eigenvalue weighted by atomic mass is 10.1. The topological polar surface area (TPSA) is 57.7 Å². The van der Waals surface area contributed by atoms with Gasteiger partial charge in [0.05, 0.1) is 6.26 Å². The fraction of sp³-hybridized carbons (Fsp3) is 0.941. The molecular weight excluding hydrogens is 312 g/mol. The van der Waals surface area contributed by atoms with Crippen molar-refractivity contribution < 1.29 is 13.2 Å². The zero-order valence-electron chi connectivity index (χ0n) is 14.5. The number of hydrogen-bond donors (Lipinski definition) is 0. The largest absolute Gasteiger partial charge is 0.343 e. The van der Waals surface area contributed by atoms with Crippen molar-refractivity contribution in [3.8, 4) is 0 Å². The fourth-order valence-electron chi connectivity index (χ4n) is 3.85. The van der Waals surface area contributed by atoms with Crippen LogP contribution in [0.4, 0.5) is 0 Å². The van der Waals surface area contributed by atoms with Gasteiger partial charge in [0.1, 0.15) is 0 Å². The third-order valence-corrected chi connectivity index (χ3v) is 6.50. The van der Waals surface area contributed by atoms with E-state index in [9.17, 15) is 13.2 Å². The summed E-state index contributed by atoms with van der Waals surface area (Å²) in [6, 6.07) is 0.0874. The van der Waals surface area contributed by atoms with Crippen molar-refractivity contribution in [3.05, 3.63) is 0 Å². The van der Waals surface area contributed by atoms with Crippen LogP contribution in [0.5, 0.6) is 0 Å². The SMILES string of the molecule is CS(=O)(=O)N(CCC(=O)N1CCCCCC1)C1CCCCCC1. The number of sulfonamides is 1. The molecule has 2 rings (SSSR count). The molecule has 1 saturated heterocycles. The number of nitrogens with zero attached hydrogens (tertiary/aromatic N) is 2. The maximum atomic E-state index is 12.4. The molecule has 2 aliphatic rings. The van der Waals surface area contributed by atoms with Crippen molar-refractivity contribution in [1.29, 1.82) is 0 Å². The number of hydrogen-bond acceptors (Lipinski definition) is 3. The van der Waals surface area contributed by atoms with Crippen molar-refractivity contribution in [1.82, 2.24) is 9.21 Å². The van der Waals surface area contributed by atoms with Crippen LogP contribution in [0.25, 0.3) is 0 Å². The van der Waals surface area contributed by atoms with Crippen LogP contribution >= 0.6 is 0 Å². The first kappa shape index (κ1) is 18.7. The van der Waals surface area contributed by atoms with Gasteiger partial charge in [-0.2, -0.15) is 4.31 Å². The third-order valence-electron chi connectivity index (χ3n) is 5.16. The molecule has 134 valence electrons. The molecule has 23 heavy (non-hydrogen) atoms. The van der Waals surface area contributed by atoms with Crippen molar-refractivity contribution in [2.24, 2.45) is 0 Å². The fourth-order valence-corrected chi connectivity index (χ4v) is 5.02. The highest BCUT2D eigenvalue weighted by atomic mass is 32.2. The van der Waals surface area contributed by atoms with Crippen molar-refractivity contribution in [2.45, 2.75) is 76.7 Å². The molecule has 1 saturated carbocycles. The summed E-state index contributed by atoms with van der Waals surface area (Å²) in [5.74, 6) is 0.120. The Morgan fingerprint density at radius 3 is 2.00 bits per heavy atom. The van der Waals surface area contributed by atoms with E-state index < -0.39 is 10.0 Å². The lowest BCUT2D eigenvalue weighted by molar-refractivity contribution is -0.131. The first-order chi connectivity index (χ1) is 11.0. The molecule has 6 heteroatoms. The van der Waals surface area contributed by atoms with E-state index in [1.807, 2.05) is 4.90 Å². The van der Waals surface area contributed by atoms with E-state index in [4.69, 9.17) is 0 Å². The zero-order chi connectivity index (χ0) is 16.7. The van der Waals surface area contributed by atoms with Crippen LogP contribution in [0.3, 0.4) is 0 Å². The van der Waals surface area contributed by atoms with E-state index in [1.165, 1.54) is 31.9 Å². The van der Waals surface area contributed by atoms with Crippen LogP contribution < -0.4 is 0 Å². The van der Waals surface area contributed by atoms with E-state index in [2.05, 4.69) is 0 Å². The van der Waals surface area contributed by atoms with Gasteiger partial charge in [0.25, 0.3) is 0 Å². The molecule has 2 fully saturated rings. The van der Waals surface area contributed by atoms with Gasteiger partial charge in [0.2, 0.25) is 15.9 Å². The number of likely N-dealkylation sites (tertiary alicyclic amines) is 1. The quantitative estimate of drug-likeness (QED) is 0.721. The third kappa shape index (κ3) is 6.07. The summed E-state index contributed by atoms with van der Waals surface area (Å²) in [5.41, 5.74) is 0. The van der Waals surface area contributed by atoms with Gasteiger partial charge in [-0.15, -0.1) is 0 Å². The van der Waals surface area contributed by atoms with Crippen LogP contribution in [-0.4, -0.2) is 55.5 Å². The molecular formula is C17H32N2O3S. The summed E-state index contributed by atoms with van der Waals surface area (Å²) in [5, 5.41) is 0. The van der Waals surface area contributed by atoms with E-state index in [1.54, 1.807) is 4.31 Å². The molecule has 0 aromatic rings. The van der Waals surface area contributed by atoms with Gasteiger partial charge >= 0.3 is 0 Å². The highest BCUT2D eigenvalue weighted by Gasteiger charge is 2.28. The predicted molar refractivity (Wildman–Crippen MR) is 92.7 cm³/mol. The highest BCUT2D eigenvalue weighted by Crippen LogP contribution is 2.24. The Morgan fingerprint density at radius 1 is 0.957 bits per heavy atom. The van der Waals surface area contributed by atoms with Gasteiger partial charge in [-0.3, -0.25) is 4.79 Å². The Morgan fingerprint density at radius 2 is 1.48 bits per heavy atom. The molecule has 0 aromatic heterocycles. The zero-order valence-corrected chi connectivity index (χ0v) is 15.3. The smallest absolute Gasteiger partial charge is 0.223 e. The monoisotopic (exact) mass is 344 g/mol. The summed E-state index contributed by atoms with van der Waals surface area (Å²) in [6.07, 6.45) is 12.6. The lowest BCUT2D eigenvalue weighted by Gasteiger charge is -2.29. The maximum absolute atomic E-state index is 12.4. The Kier molecular flexibility index (Phi) is 7.34. The minimum atomic E-state index is -3.25. The van der Waals surface area contributed by atoms with E-state index >= 15 is 0 Å². The molecule has 0 radical (unpaired) electrons. The van der Waals surface area contributed by atoms with Crippen LogP contribution in [0, 0.1) is 0 Å². The average Bonchev–Trinajstić information content (AvgIpc) is 2.91. The molecule has 0 bridgehead atoms. The van der Waals surface area contributed by atoms with Gasteiger partial charge in [-0.1, -0.05) is 38.5 Å². The Balaban J connectivity index is 1.93. The number of amides is 1. The predicted octanol–water partition coefficient (Wildman–Crippen LogP) is 2.76. The molecule has 5 nitrogen and oxygen atoms in total. The second-order valence-electron chi connectivity index (χ2n) is 7.06. The molecule has 0 spiro atoms. The average molecular weight is 345 g/mol. The summed E-state index contributed by atoms with van der Waals surface area (Å²) in [4.78, 5) is 14.4. The summed E-state index contributed by atoms with van der Waals surface area (Å²) < 4.78 is 26.0. The van der Waals surface area contributed by atoms with E-state index in [0.717, 1.165) is 51.6 Å². The van der Waals surface area contributed by atoms with Gasteiger partial charge in [0, 0.05) is 32.1 Å². The summed E-state index contributed by atoms with van der Waals surface area (Å²) >= 11 is 0. The molecule has 1 aliphatic heterocycles. The van der Waals surface area contributed by atoms with Gasteiger partial charge < -0.3 is 4.90 Å². The molecule has 0 N–H and O–H groups in total. The molecule has 0 aromatic carbocycles. The van der Waals surface area contributed by atoms with Crippen molar-refractivity contribution in [3.63, 3.8) is 0 Å². The first-order valence-electron chi connectivity index (χ1n) is 9.23. The minimum Gasteiger partial charge on any atom is -0.343 e. The standard InChI is InChI=1S/C17H32N2O3S/c1-23(21,22)19(16-10-6-2-3-7-11-16)15-12-17(20)18-13-8-4-5-9-14-18/h16H,2-15H2,1H3. The molecule has 0 atom stereocenters. The van der Waals surface area contributed by atoms with Crippen LogP contribution in [-0.2, 0) is 14.8 Å². The molecule has 0 unspecified atom stereocenters. The van der Waals surface area contributed by atoms with Crippen LogP contribution in [0.1, 0.15) is 70.6 Å². The maximum Gasteiger partial charge on any atom is 0.223 e. The Labute approximate surface area is 141 Å². The summed E-state index contributed by atoms with van der Waals surface area (Å²) in [7, 11) is -3.25. The number of carbonyl (C=O) groups is 1. The Bertz CT molecular complexity index is 462. The van der Waals surface area contributed by atoms with E-state index in [0.29, 0.717) is 13.0 Å². The van der Waals surface area contributed by atoms with Gasteiger partial charge in [-0.05, 0) is 25.7 Å². The second kappa shape index (κ2) is 9.02. The minimum absolute atomic E-state index is 0.0874. The van der Waals surface area contributed by atoms with E-state index in [-0.39, 0.29) is 11.9 Å². The van der Waals surface area contributed by atoms with Crippen molar-refractivity contribution >= 4 is 15.9 Å². The number of rotatable bonds is 5. The first-order valence-corrected chi connectivity index (χ1v) is 11.1. The molecule has 1 amide bonds. The highest BCUT2D eigenvalue weighted by molar-refractivity contribution is 7.88.